The molecule has 24 heavy (non-hydrogen) atoms. The third-order valence-corrected chi connectivity index (χ3v) is 3.16. The third kappa shape index (κ3) is 4.85. The predicted molar refractivity (Wildman–Crippen MR) is 100 cm³/mol. The number of H-pyrrole nitrogens is 1. The Labute approximate surface area is 156 Å². The van der Waals surface area contributed by atoms with E-state index in [1.165, 1.54) is 0 Å². The summed E-state index contributed by atoms with van der Waals surface area (Å²) in [5.41, 5.74) is 0. The summed E-state index contributed by atoms with van der Waals surface area (Å²) in [6.07, 6.45) is 4.05. The Kier molecular flexibility index (Phi) is 6.85. The van der Waals surface area contributed by atoms with Crippen LogP contribution in [-0.2, 0) is 13.0 Å². The second-order valence-electron chi connectivity index (χ2n) is 4.76. The summed E-state index contributed by atoms with van der Waals surface area (Å²) in [5, 5.41) is 13.4. The number of halogens is 1. The Morgan fingerprint density at radius 2 is 2.04 bits per heavy atom. The number of aromatic nitrogens is 3. The van der Waals surface area contributed by atoms with E-state index in [1.807, 2.05) is 18.2 Å². The number of nitrogens with one attached hydrogen (secondary N) is 3. The van der Waals surface area contributed by atoms with Crippen molar-refractivity contribution in [2.24, 2.45) is 4.99 Å². The van der Waals surface area contributed by atoms with Crippen molar-refractivity contribution in [2.45, 2.75) is 13.0 Å². The Hall–Kier alpha value is -2.30. The van der Waals surface area contributed by atoms with Crippen LogP contribution in [0.2, 0.25) is 0 Å². The fraction of sp³-hybridized carbons (Fsp3) is 0.267. The summed E-state index contributed by atoms with van der Waals surface area (Å²) < 4.78 is 10.5. The van der Waals surface area contributed by atoms with Gasteiger partial charge in [-0.1, -0.05) is 0 Å². The molecule has 3 aromatic heterocycles. The lowest BCUT2D eigenvalue weighted by molar-refractivity contribution is 0.506. The van der Waals surface area contributed by atoms with E-state index in [2.05, 4.69) is 30.8 Å². The largest absolute Gasteiger partial charge is 0.469 e. The van der Waals surface area contributed by atoms with Gasteiger partial charge in [0.05, 0.1) is 19.1 Å². The molecule has 128 valence electrons. The lowest BCUT2D eigenvalue weighted by atomic mass is 10.3. The molecule has 3 aromatic rings. The van der Waals surface area contributed by atoms with Crippen molar-refractivity contribution < 1.29 is 8.83 Å². The van der Waals surface area contributed by atoms with Crippen molar-refractivity contribution in [1.82, 2.24) is 25.8 Å². The van der Waals surface area contributed by atoms with Crippen LogP contribution in [0.25, 0.3) is 11.6 Å². The maximum atomic E-state index is 5.28. The van der Waals surface area contributed by atoms with Crippen molar-refractivity contribution in [1.29, 1.82) is 0 Å². The molecule has 3 N–H and O–H groups in total. The minimum atomic E-state index is 0. The number of aliphatic imine (C=N–C) groups is 1. The molecule has 0 aromatic carbocycles. The molecule has 0 bridgehead atoms. The van der Waals surface area contributed by atoms with E-state index >= 15 is 0 Å². The lowest BCUT2D eigenvalue weighted by Crippen LogP contribution is -2.38. The number of aromatic amines is 1. The van der Waals surface area contributed by atoms with Gasteiger partial charge in [-0.05, 0) is 24.3 Å². The van der Waals surface area contributed by atoms with Gasteiger partial charge in [0.25, 0.3) is 0 Å². The maximum absolute atomic E-state index is 5.28. The van der Waals surface area contributed by atoms with Crippen molar-refractivity contribution in [3.8, 4) is 11.6 Å². The summed E-state index contributed by atoms with van der Waals surface area (Å²) in [4.78, 5) is 8.52. The van der Waals surface area contributed by atoms with Gasteiger partial charge < -0.3 is 19.5 Å². The molecular formula is C15H19IN6O2. The highest BCUT2D eigenvalue weighted by atomic mass is 127. The zero-order chi connectivity index (χ0) is 15.9. The van der Waals surface area contributed by atoms with Gasteiger partial charge in [0, 0.05) is 20.0 Å². The predicted octanol–water partition coefficient (Wildman–Crippen LogP) is 2.18. The minimum Gasteiger partial charge on any atom is -0.469 e. The highest BCUT2D eigenvalue weighted by Gasteiger charge is 2.08. The molecule has 3 rings (SSSR count). The van der Waals surface area contributed by atoms with E-state index in [4.69, 9.17) is 8.83 Å². The first kappa shape index (κ1) is 18.0. The number of guanidine groups is 1. The monoisotopic (exact) mass is 442 g/mol. The van der Waals surface area contributed by atoms with Crippen LogP contribution in [0.1, 0.15) is 11.6 Å². The number of rotatable bonds is 6. The number of furan rings is 2. The van der Waals surface area contributed by atoms with Crippen LogP contribution in [0.4, 0.5) is 0 Å². The molecule has 0 aliphatic rings. The summed E-state index contributed by atoms with van der Waals surface area (Å²) in [7, 11) is 1.72. The topological polar surface area (TPSA) is 104 Å². The molecule has 9 heteroatoms. The number of hydrogen-bond acceptors (Lipinski definition) is 5. The van der Waals surface area contributed by atoms with E-state index in [0.717, 1.165) is 18.7 Å². The van der Waals surface area contributed by atoms with Crippen LogP contribution in [0.15, 0.2) is 50.6 Å². The third-order valence-electron chi connectivity index (χ3n) is 3.16. The van der Waals surface area contributed by atoms with E-state index in [9.17, 15) is 0 Å². The summed E-state index contributed by atoms with van der Waals surface area (Å²) in [6, 6.07) is 7.44. The Morgan fingerprint density at radius 3 is 2.75 bits per heavy atom. The van der Waals surface area contributed by atoms with E-state index in [1.54, 1.807) is 25.6 Å². The normalized spacial score (nSPS) is 11.1. The van der Waals surface area contributed by atoms with Gasteiger partial charge in [0.2, 0.25) is 5.82 Å². The van der Waals surface area contributed by atoms with Crippen LogP contribution in [-0.4, -0.2) is 34.7 Å². The van der Waals surface area contributed by atoms with Crippen molar-refractivity contribution in [2.75, 3.05) is 13.6 Å². The summed E-state index contributed by atoms with van der Waals surface area (Å²) in [6.45, 7) is 1.20. The maximum Gasteiger partial charge on any atom is 0.216 e. The molecule has 0 aliphatic carbocycles. The molecule has 0 spiro atoms. The number of nitrogens with zero attached hydrogens (tertiary/aromatic N) is 3. The molecule has 3 heterocycles. The van der Waals surface area contributed by atoms with Crippen molar-refractivity contribution in [3.63, 3.8) is 0 Å². The second kappa shape index (κ2) is 9.11. The average molecular weight is 442 g/mol. The Morgan fingerprint density at radius 1 is 1.21 bits per heavy atom. The molecule has 0 fully saturated rings. The fourth-order valence-electron chi connectivity index (χ4n) is 2.04. The van der Waals surface area contributed by atoms with Gasteiger partial charge in [0.15, 0.2) is 11.7 Å². The first-order valence-electron chi connectivity index (χ1n) is 7.27. The molecule has 0 radical (unpaired) electrons. The van der Waals surface area contributed by atoms with E-state index < -0.39 is 0 Å². The van der Waals surface area contributed by atoms with Crippen molar-refractivity contribution >= 4 is 29.9 Å². The molecule has 0 atom stereocenters. The zero-order valence-corrected chi connectivity index (χ0v) is 15.5. The molecule has 0 unspecified atom stereocenters. The van der Waals surface area contributed by atoms with Gasteiger partial charge in [-0.3, -0.25) is 10.1 Å². The highest BCUT2D eigenvalue weighted by Crippen LogP contribution is 2.14. The van der Waals surface area contributed by atoms with Gasteiger partial charge in [-0.25, -0.2) is 4.98 Å². The first-order valence-corrected chi connectivity index (χ1v) is 7.27. The molecule has 0 saturated heterocycles. The molecule has 0 amide bonds. The second-order valence-corrected chi connectivity index (χ2v) is 4.76. The van der Waals surface area contributed by atoms with E-state index in [0.29, 0.717) is 29.9 Å². The SMILES string of the molecule is CN=C(NCCc1ccco1)NCc1nc(-c2ccco2)n[nH]1.I. The summed E-state index contributed by atoms with van der Waals surface area (Å²) >= 11 is 0. The van der Waals surface area contributed by atoms with Crippen LogP contribution in [0, 0.1) is 0 Å². The average Bonchev–Trinajstić information content (AvgIpc) is 3.32. The first-order chi connectivity index (χ1) is 11.3. The highest BCUT2D eigenvalue weighted by molar-refractivity contribution is 14.0. The van der Waals surface area contributed by atoms with Crippen molar-refractivity contribution in [3.05, 3.63) is 48.4 Å². The van der Waals surface area contributed by atoms with Gasteiger partial charge in [-0.15, -0.1) is 29.1 Å². The van der Waals surface area contributed by atoms with Crippen LogP contribution >= 0.6 is 24.0 Å². The Bertz CT molecular complexity index is 736. The van der Waals surface area contributed by atoms with Crippen LogP contribution < -0.4 is 10.6 Å². The van der Waals surface area contributed by atoms with Gasteiger partial charge in [0.1, 0.15) is 11.6 Å². The fourth-order valence-corrected chi connectivity index (χ4v) is 2.04. The minimum absolute atomic E-state index is 0. The lowest BCUT2D eigenvalue weighted by Gasteiger charge is -2.09. The standard InChI is InChI=1S/C15H18N6O2.HI/c1-16-15(17-7-6-11-4-2-8-22-11)18-10-13-19-14(21-20-13)12-5-3-9-23-12;/h2-5,8-9H,6-7,10H2,1H3,(H2,16,17,18)(H,19,20,21);1H. The van der Waals surface area contributed by atoms with Gasteiger partial charge >= 0.3 is 0 Å². The molecular weight excluding hydrogens is 423 g/mol. The number of hydrogen-bond donors (Lipinski definition) is 3. The zero-order valence-electron chi connectivity index (χ0n) is 13.2. The van der Waals surface area contributed by atoms with Crippen LogP contribution in [0.5, 0.6) is 0 Å². The molecule has 8 nitrogen and oxygen atoms in total. The Balaban J connectivity index is 0.00000208. The van der Waals surface area contributed by atoms with Crippen LogP contribution in [0.3, 0.4) is 0 Å². The quantitative estimate of drug-likeness (QED) is 0.307. The van der Waals surface area contributed by atoms with E-state index in [-0.39, 0.29) is 24.0 Å². The smallest absolute Gasteiger partial charge is 0.216 e. The molecule has 0 aliphatic heterocycles. The summed E-state index contributed by atoms with van der Waals surface area (Å²) in [5.74, 6) is 3.49. The molecule has 0 saturated carbocycles. The van der Waals surface area contributed by atoms with Gasteiger partial charge in [-0.2, -0.15) is 0 Å².